The lowest BCUT2D eigenvalue weighted by Gasteiger charge is -2.18. The molecule has 0 saturated heterocycles. The number of carbonyl (C=O) groups excluding carboxylic acids is 3. The Labute approximate surface area is 152 Å². The van der Waals surface area contributed by atoms with Crippen molar-refractivity contribution in [3.05, 3.63) is 65.2 Å². The number of esters is 1. The Kier molecular flexibility index (Phi) is 5.16. The maximum Gasteiger partial charge on any atom is 0.313 e. The number of nitrogens with zero attached hydrogens (tertiary/aromatic N) is 1. The summed E-state index contributed by atoms with van der Waals surface area (Å²) in [5.41, 5.74) is 2.15. The zero-order valence-electron chi connectivity index (χ0n) is 14.9. The maximum atomic E-state index is 12.6. The number of fused-ring (bicyclic) bond motifs is 1. The Hall–Kier alpha value is -2.95. The fourth-order valence-corrected chi connectivity index (χ4v) is 3.23. The molecule has 5 heteroatoms. The molecule has 0 saturated carbocycles. The molecule has 1 unspecified atom stereocenters. The van der Waals surface area contributed by atoms with Crippen LogP contribution in [-0.4, -0.2) is 24.4 Å². The predicted molar refractivity (Wildman–Crippen MR) is 98.3 cm³/mol. The second-order valence-electron chi connectivity index (χ2n) is 6.18. The zero-order chi connectivity index (χ0) is 18.7. The Morgan fingerprint density at radius 1 is 0.962 bits per heavy atom. The summed E-state index contributed by atoms with van der Waals surface area (Å²) in [6.07, 6.45) is 1.54. The summed E-state index contributed by atoms with van der Waals surface area (Å²) in [6.45, 7) is 4.14. The van der Waals surface area contributed by atoms with Crippen molar-refractivity contribution in [2.75, 3.05) is 11.5 Å². The molecule has 5 nitrogen and oxygen atoms in total. The molecule has 1 aliphatic rings. The highest BCUT2D eigenvalue weighted by Crippen LogP contribution is 2.30. The van der Waals surface area contributed by atoms with Crippen LogP contribution < -0.4 is 4.90 Å². The minimum Gasteiger partial charge on any atom is -0.466 e. The first-order valence-corrected chi connectivity index (χ1v) is 8.82. The van der Waals surface area contributed by atoms with Crippen molar-refractivity contribution in [3.63, 3.8) is 0 Å². The van der Waals surface area contributed by atoms with Crippen molar-refractivity contribution in [2.24, 2.45) is 0 Å². The van der Waals surface area contributed by atoms with Gasteiger partial charge in [-0.25, -0.2) is 4.90 Å². The number of carbonyl (C=O) groups is 3. The molecule has 0 bridgehead atoms. The van der Waals surface area contributed by atoms with Gasteiger partial charge < -0.3 is 4.74 Å². The minimum atomic E-state index is -0.337. The van der Waals surface area contributed by atoms with Crippen LogP contribution in [0.2, 0.25) is 0 Å². The fourth-order valence-electron chi connectivity index (χ4n) is 3.23. The van der Waals surface area contributed by atoms with Gasteiger partial charge in [0.15, 0.2) is 0 Å². The van der Waals surface area contributed by atoms with E-state index in [0.29, 0.717) is 29.8 Å². The molecule has 0 N–H and O–H groups in total. The quantitative estimate of drug-likeness (QED) is 0.584. The Morgan fingerprint density at radius 3 is 2.04 bits per heavy atom. The maximum absolute atomic E-state index is 12.6. The second kappa shape index (κ2) is 7.52. The molecule has 134 valence electrons. The van der Waals surface area contributed by atoms with Crippen LogP contribution in [0.1, 0.15) is 58.9 Å². The van der Waals surface area contributed by atoms with Crippen LogP contribution in [0.25, 0.3) is 0 Å². The summed E-state index contributed by atoms with van der Waals surface area (Å²) >= 11 is 0. The topological polar surface area (TPSA) is 63.7 Å². The van der Waals surface area contributed by atoms with Gasteiger partial charge in [-0.05, 0) is 43.2 Å². The Bertz CT molecular complexity index is 806. The molecule has 2 aromatic rings. The molecule has 0 aliphatic carbocycles. The lowest BCUT2D eigenvalue weighted by molar-refractivity contribution is -0.145. The Balaban J connectivity index is 1.87. The molecule has 2 amide bonds. The van der Waals surface area contributed by atoms with E-state index in [1.165, 1.54) is 4.90 Å². The summed E-state index contributed by atoms with van der Waals surface area (Å²) in [5, 5.41) is 0. The molecule has 0 spiro atoms. The number of amides is 2. The third-order valence-corrected chi connectivity index (χ3v) is 4.50. The van der Waals surface area contributed by atoms with Gasteiger partial charge in [0.05, 0.1) is 29.3 Å². The Morgan fingerprint density at radius 2 is 1.54 bits per heavy atom. The summed E-state index contributed by atoms with van der Waals surface area (Å²) in [6, 6.07) is 13.8. The first-order valence-electron chi connectivity index (χ1n) is 8.82. The van der Waals surface area contributed by atoms with Gasteiger partial charge in [-0.15, -0.1) is 0 Å². The van der Waals surface area contributed by atoms with Gasteiger partial charge in [-0.1, -0.05) is 37.6 Å². The van der Waals surface area contributed by atoms with E-state index in [2.05, 4.69) is 0 Å². The molecular weight excluding hydrogens is 330 g/mol. The van der Waals surface area contributed by atoms with Crippen molar-refractivity contribution in [1.29, 1.82) is 0 Å². The zero-order valence-corrected chi connectivity index (χ0v) is 14.9. The number of hydrogen-bond acceptors (Lipinski definition) is 4. The third kappa shape index (κ3) is 3.12. The average Bonchev–Trinajstić information content (AvgIpc) is 2.91. The van der Waals surface area contributed by atoms with E-state index < -0.39 is 0 Å². The minimum absolute atomic E-state index is 0.247. The number of hydrogen-bond donors (Lipinski definition) is 0. The lowest BCUT2D eigenvalue weighted by atomic mass is 9.94. The van der Waals surface area contributed by atoms with E-state index in [1.807, 2.05) is 6.92 Å². The van der Waals surface area contributed by atoms with E-state index in [4.69, 9.17) is 4.74 Å². The molecule has 3 rings (SSSR count). The summed E-state index contributed by atoms with van der Waals surface area (Å²) in [7, 11) is 0. The summed E-state index contributed by atoms with van der Waals surface area (Å²) in [5.74, 6) is -1.23. The fraction of sp³-hybridized carbons (Fsp3) is 0.286. The number of imide groups is 1. The van der Waals surface area contributed by atoms with E-state index in [-0.39, 0.29) is 23.7 Å². The van der Waals surface area contributed by atoms with E-state index >= 15 is 0 Å². The monoisotopic (exact) mass is 351 g/mol. The van der Waals surface area contributed by atoms with Gasteiger partial charge in [0.1, 0.15) is 0 Å². The molecule has 26 heavy (non-hydrogen) atoms. The highest BCUT2D eigenvalue weighted by atomic mass is 16.5. The molecular formula is C21H21NO4. The molecule has 0 aromatic heterocycles. The van der Waals surface area contributed by atoms with Crippen molar-refractivity contribution >= 4 is 23.5 Å². The van der Waals surface area contributed by atoms with Gasteiger partial charge in [0.2, 0.25) is 0 Å². The number of benzene rings is 2. The van der Waals surface area contributed by atoms with Crippen molar-refractivity contribution in [2.45, 2.75) is 32.6 Å². The van der Waals surface area contributed by atoms with Crippen LogP contribution in [0.4, 0.5) is 5.69 Å². The van der Waals surface area contributed by atoms with Crippen molar-refractivity contribution in [1.82, 2.24) is 0 Å². The SMILES string of the molecule is CCCC(C(=O)OCC)c1ccc(N2C(=O)c3ccccc3C2=O)cc1. The standard InChI is InChI=1S/C21H21NO4/c1-3-7-16(21(25)26-4-2)14-10-12-15(13-11-14)22-19(23)17-8-5-6-9-18(17)20(22)24/h5-6,8-13,16H,3-4,7H2,1-2H3. The van der Waals surface area contributed by atoms with Crippen LogP contribution >= 0.6 is 0 Å². The van der Waals surface area contributed by atoms with Crippen molar-refractivity contribution in [3.8, 4) is 0 Å². The molecule has 1 aliphatic heterocycles. The highest BCUT2D eigenvalue weighted by Gasteiger charge is 2.36. The first-order chi connectivity index (χ1) is 12.6. The average molecular weight is 351 g/mol. The van der Waals surface area contributed by atoms with Gasteiger partial charge in [0.25, 0.3) is 11.8 Å². The van der Waals surface area contributed by atoms with E-state index in [0.717, 1.165) is 12.0 Å². The van der Waals surface area contributed by atoms with Gasteiger partial charge in [0, 0.05) is 0 Å². The molecule has 0 fully saturated rings. The second-order valence-corrected chi connectivity index (χ2v) is 6.18. The molecule has 1 atom stereocenters. The van der Waals surface area contributed by atoms with Crippen LogP contribution in [0.3, 0.4) is 0 Å². The normalized spacial score (nSPS) is 14.3. The number of rotatable bonds is 6. The van der Waals surface area contributed by atoms with Crippen molar-refractivity contribution < 1.29 is 19.1 Å². The summed E-state index contributed by atoms with van der Waals surface area (Å²) in [4.78, 5) is 38.5. The first kappa shape index (κ1) is 17.9. The van der Waals surface area contributed by atoms with Gasteiger partial charge in [-0.3, -0.25) is 14.4 Å². The molecule has 1 heterocycles. The van der Waals surface area contributed by atoms with Crippen LogP contribution in [-0.2, 0) is 9.53 Å². The smallest absolute Gasteiger partial charge is 0.313 e. The van der Waals surface area contributed by atoms with Crippen LogP contribution in [0.5, 0.6) is 0 Å². The largest absolute Gasteiger partial charge is 0.466 e. The van der Waals surface area contributed by atoms with Crippen LogP contribution in [0, 0.1) is 0 Å². The highest BCUT2D eigenvalue weighted by molar-refractivity contribution is 6.34. The van der Waals surface area contributed by atoms with E-state index in [1.54, 1.807) is 55.5 Å². The molecule has 0 radical (unpaired) electrons. The van der Waals surface area contributed by atoms with E-state index in [9.17, 15) is 14.4 Å². The number of ether oxygens (including phenoxy) is 1. The molecule has 2 aromatic carbocycles. The lowest BCUT2D eigenvalue weighted by Crippen LogP contribution is -2.29. The van der Waals surface area contributed by atoms with Gasteiger partial charge in [-0.2, -0.15) is 0 Å². The third-order valence-electron chi connectivity index (χ3n) is 4.50. The number of anilines is 1. The predicted octanol–water partition coefficient (Wildman–Crippen LogP) is 3.93. The van der Waals surface area contributed by atoms with Gasteiger partial charge >= 0.3 is 5.97 Å². The van der Waals surface area contributed by atoms with Crippen LogP contribution in [0.15, 0.2) is 48.5 Å². The summed E-state index contributed by atoms with van der Waals surface area (Å²) < 4.78 is 5.16.